The quantitative estimate of drug-likeness (QED) is 0.859. The molecule has 0 bridgehead atoms. The van der Waals surface area contributed by atoms with Crippen molar-refractivity contribution < 1.29 is 9.53 Å². The lowest BCUT2D eigenvalue weighted by molar-refractivity contribution is -0.121. The molecule has 0 saturated heterocycles. The molecule has 2 fully saturated rings. The Morgan fingerprint density at radius 1 is 1.27 bits per heavy atom. The van der Waals surface area contributed by atoms with Crippen molar-refractivity contribution in [1.82, 2.24) is 4.90 Å². The fourth-order valence-corrected chi connectivity index (χ4v) is 4.38. The number of carbonyl (C=O) groups is 1. The standard InChI is InChI=1S/C18H24N2O2/c1-19(2)10-12-11-20(15-8-3-4-9-16(15)22-12)18(21)17-13-6-5-7-14(13)17/h3-4,8-9,12-14,17H,5-7,10-11H2,1-2H3/t12-,13-,14+,17?/m0/s1. The van der Waals surface area contributed by atoms with Crippen LogP contribution in [0.25, 0.3) is 0 Å². The fraction of sp³-hybridized carbons (Fsp3) is 0.611. The third kappa shape index (κ3) is 2.30. The number of anilines is 1. The van der Waals surface area contributed by atoms with Crippen LogP contribution in [-0.4, -0.2) is 44.1 Å². The first-order valence-electron chi connectivity index (χ1n) is 8.37. The molecule has 4 nitrogen and oxygen atoms in total. The summed E-state index contributed by atoms with van der Waals surface area (Å²) in [5, 5.41) is 0. The summed E-state index contributed by atoms with van der Waals surface area (Å²) in [6, 6.07) is 7.95. The Morgan fingerprint density at radius 3 is 2.73 bits per heavy atom. The van der Waals surface area contributed by atoms with E-state index in [0.29, 0.717) is 24.3 Å². The van der Waals surface area contributed by atoms with Crippen LogP contribution in [0.2, 0.25) is 0 Å². The van der Waals surface area contributed by atoms with Crippen LogP contribution in [0.4, 0.5) is 5.69 Å². The molecule has 1 heterocycles. The molecule has 1 aromatic carbocycles. The Labute approximate surface area is 132 Å². The summed E-state index contributed by atoms with van der Waals surface area (Å²) in [7, 11) is 4.09. The van der Waals surface area contributed by atoms with Gasteiger partial charge in [0.2, 0.25) is 5.91 Å². The smallest absolute Gasteiger partial charge is 0.230 e. The number of fused-ring (bicyclic) bond motifs is 2. The van der Waals surface area contributed by atoms with Crippen LogP contribution in [0, 0.1) is 17.8 Å². The zero-order valence-corrected chi connectivity index (χ0v) is 13.4. The maximum Gasteiger partial charge on any atom is 0.230 e. The van der Waals surface area contributed by atoms with Crippen LogP contribution >= 0.6 is 0 Å². The summed E-state index contributed by atoms with van der Waals surface area (Å²) < 4.78 is 6.08. The highest BCUT2D eigenvalue weighted by Crippen LogP contribution is 2.58. The minimum atomic E-state index is 0.0486. The maximum atomic E-state index is 13.0. The van der Waals surface area contributed by atoms with E-state index >= 15 is 0 Å². The predicted octanol–water partition coefficient (Wildman–Crippen LogP) is 2.39. The first-order valence-corrected chi connectivity index (χ1v) is 8.37. The van der Waals surface area contributed by atoms with Crippen LogP contribution in [0.3, 0.4) is 0 Å². The summed E-state index contributed by atoms with van der Waals surface area (Å²) in [6.45, 7) is 1.50. The highest BCUT2D eigenvalue weighted by Gasteiger charge is 2.58. The van der Waals surface area contributed by atoms with Crippen molar-refractivity contribution in [2.45, 2.75) is 25.4 Å². The third-order valence-corrected chi connectivity index (χ3v) is 5.36. The van der Waals surface area contributed by atoms with Gasteiger partial charge in [-0.15, -0.1) is 0 Å². The molecule has 118 valence electrons. The zero-order valence-electron chi connectivity index (χ0n) is 13.4. The van der Waals surface area contributed by atoms with E-state index in [1.165, 1.54) is 19.3 Å². The van der Waals surface area contributed by atoms with Gasteiger partial charge in [-0.05, 0) is 50.9 Å². The van der Waals surface area contributed by atoms with Crippen molar-refractivity contribution in [2.24, 2.45) is 17.8 Å². The number of hydrogen-bond acceptors (Lipinski definition) is 3. The van der Waals surface area contributed by atoms with E-state index in [-0.39, 0.29) is 12.0 Å². The van der Waals surface area contributed by atoms with Crippen molar-refractivity contribution in [2.75, 3.05) is 32.1 Å². The van der Waals surface area contributed by atoms with Crippen LogP contribution in [0.1, 0.15) is 19.3 Å². The molecule has 4 atom stereocenters. The van der Waals surface area contributed by atoms with Crippen LogP contribution in [0.5, 0.6) is 5.75 Å². The average molecular weight is 300 g/mol. The van der Waals surface area contributed by atoms with Crippen molar-refractivity contribution >= 4 is 11.6 Å². The van der Waals surface area contributed by atoms with Gasteiger partial charge < -0.3 is 14.5 Å². The number of benzene rings is 1. The number of carbonyl (C=O) groups excluding carboxylic acids is 1. The van der Waals surface area contributed by atoms with Crippen LogP contribution in [0.15, 0.2) is 24.3 Å². The highest BCUT2D eigenvalue weighted by molar-refractivity contribution is 5.99. The Balaban J connectivity index is 1.58. The molecule has 3 aliphatic rings. The molecule has 4 rings (SSSR count). The predicted molar refractivity (Wildman–Crippen MR) is 86.1 cm³/mol. The molecule has 1 aliphatic heterocycles. The third-order valence-electron chi connectivity index (χ3n) is 5.36. The summed E-state index contributed by atoms with van der Waals surface area (Å²) >= 11 is 0. The lowest BCUT2D eigenvalue weighted by atomic mass is 10.1. The number of likely N-dealkylation sites (N-methyl/N-ethyl adjacent to an activating group) is 1. The van der Waals surface area contributed by atoms with Gasteiger partial charge in [0, 0.05) is 12.5 Å². The molecule has 0 N–H and O–H groups in total. The monoisotopic (exact) mass is 300 g/mol. The van der Waals surface area contributed by atoms with Crippen molar-refractivity contribution in [3.05, 3.63) is 24.3 Å². The summed E-state index contributed by atoms with van der Waals surface area (Å²) in [4.78, 5) is 17.1. The van der Waals surface area contributed by atoms with E-state index < -0.39 is 0 Å². The van der Waals surface area contributed by atoms with Crippen molar-refractivity contribution in [3.8, 4) is 5.75 Å². The van der Waals surface area contributed by atoms with E-state index in [1.54, 1.807) is 0 Å². The second-order valence-electron chi connectivity index (χ2n) is 7.20. The Hall–Kier alpha value is -1.55. The topological polar surface area (TPSA) is 32.8 Å². The molecule has 2 saturated carbocycles. The summed E-state index contributed by atoms with van der Waals surface area (Å²) in [5.41, 5.74) is 0.951. The normalized spacial score (nSPS) is 32.4. The lowest BCUT2D eigenvalue weighted by Crippen LogP contribution is -2.48. The molecule has 0 spiro atoms. The molecule has 4 heteroatoms. The Morgan fingerprint density at radius 2 is 2.00 bits per heavy atom. The van der Waals surface area contributed by atoms with Gasteiger partial charge in [0.1, 0.15) is 11.9 Å². The SMILES string of the molecule is CN(C)C[C@H]1CN(C(=O)C2[C@H]3CCC[C@@H]23)c2ccccc2O1. The number of hydrogen-bond donors (Lipinski definition) is 0. The van der Waals surface area contributed by atoms with E-state index in [9.17, 15) is 4.79 Å². The number of rotatable bonds is 3. The first-order chi connectivity index (χ1) is 10.6. The average Bonchev–Trinajstić information content (AvgIpc) is 2.97. The molecular weight excluding hydrogens is 276 g/mol. The number of amides is 1. The molecule has 0 radical (unpaired) electrons. The fourth-order valence-electron chi connectivity index (χ4n) is 4.38. The second kappa shape index (κ2) is 5.27. The summed E-state index contributed by atoms with van der Waals surface area (Å²) in [6.07, 6.45) is 3.84. The van der Waals surface area contributed by atoms with E-state index in [0.717, 1.165) is 18.0 Å². The Kier molecular flexibility index (Phi) is 3.37. The van der Waals surface area contributed by atoms with E-state index in [1.807, 2.05) is 43.3 Å². The van der Waals surface area contributed by atoms with Gasteiger partial charge in [-0.25, -0.2) is 0 Å². The minimum absolute atomic E-state index is 0.0486. The molecule has 1 aromatic rings. The van der Waals surface area contributed by atoms with Gasteiger partial charge in [-0.1, -0.05) is 18.6 Å². The van der Waals surface area contributed by atoms with Crippen LogP contribution < -0.4 is 9.64 Å². The largest absolute Gasteiger partial charge is 0.485 e. The zero-order chi connectivity index (χ0) is 15.3. The lowest BCUT2D eigenvalue weighted by Gasteiger charge is -2.36. The first kappa shape index (κ1) is 14.1. The van der Waals surface area contributed by atoms with Gasteiger partial charge in [-0.2, -0.15) is 0 Å². The van der Waals surface area contributed by atoms with E-state index in [4.69, 9.17) is 4.74 Å². The number of nitrogens with zero attached hydrogens (tertiary/aromatic N) is 2. The highest BCUT2D eigenvalue weighted by atomic mass is 16.5. The number of ether oxygens (including phenoxy) is 1. The number of para-hydroxylation sites is 2. The molecule has 22 heavy (non-hydrogen) atoms. The minimum Gasteiger partial charge on any atom is -0.485 e. The molecule has 0 aromatic heterocycles. The van der Waals surface area contributed by atoms with Gasteiger partial charge in [0.15, 0.2) is 0 Å². The summed E-state index contributed by atoms with van der Waals surface area (Å²) in [5.74, 6) is 2.78. The molecule has 1 unspecified atom stereocenters. The van der Waals surface area contributed by atoms with Crippen molar-refractivity contribution in [1.29, 1.82) is 0 Å². The second-order valence-corrected chi connectivity index (χ2v) is 7.20. The Bertz CT molecular complexity index is 576. The molecule has 2 aliphatic carbocycles. The molecular formula is C18H24N2O2. The van der Waals surface area contributed by atoms with Gasteiger partial charge >= 0.3 is 0 Å². The van der Waals surface area contributed by atoms with Gasteiger partial charge in [0.05, 0.1) is 12.2 Å². The van der Waals surface area contributed by atoms with Crippen molar-refractivity contribution in [3.63, 3.8) is 0 Å². The molecule has 1 amide bonds. The van der Waals surface area contributed by atoms with Gasteiger partial charge in [0.25, 0.3) is 0 Å². The van der Waals surface area contributed by atoms with E-state index in [2.05, 4.69) is 4.90 Å². The maximum absolute atomic E-state index is 13.0. The van der Waals surface area contributed by atoms with Crippen LogP contribution in [-0.2, 0) is 4.79 Å². The van der Waals surface area contributed by atoms with Gasteiger partial charge in [-0.3, -0.25) is 4.79 Å².